The number of aryl methyl sites for hydroxylation is 1. The van der Waals surface area contributed by atoms with Gasteiger partial charge in [0.2, 0.25) is 0 Å². The van der Waals surface area contributed by atoms with Gasteiger partial charge < -0.3 is 9.72 Å². The van der Waals surface area contributed by atoms with Gasteiger partial charge in [0.05, 0.1) is 16.3 Å². The number of nitrogens with one attached hydrogen (secondary N) is 1. The molecule has 0 amide bonds. The molecule has 0 spiro atoms. The Morgan fingerprint density at radius 1 is 1.21 bits per heavy atom. The van der Waals surface area contributed by atoms with E-state index in [1.165, 1.54) is 17.4 Å². The van der Waals surface area contributed by atoms with Gasteiger partial charge in [0.1, 0.15) is 5.75 Å². The van der Waals surface area contributed by atoms with E-state index < -0.39 is 0 Å². The predicted molar refractivity (Wildman–Crippen MR) is 98.6 cm³/mol. The minimum atomic E-state index is -0.179. The molecule has 0 radical (unpaired) electrons. The molecular formula is C18H15NO3S2. The van der Waals surface area contributed by atoms with Gasteiger partial charge in [-0.05, 0) is 54.3 Å². The molecule has 2 heterocycles. The molecule has 1 aromatic carbocycles. The maximum atomic E-state index is 12.3. The standard InChI is InChI=1S/C18H15NO3S2/c1-11-7-8-23-15(11)10-16-18(21)19-17(24-16)9-14(20)12-3-5-13(22-2)6-4-12/h3-10H,1-2H3,(H,19,21)/b16-10-,17-9-. The predicted octanol–water partition coefficient (Wildman–Crippen LogP) is 2.31. The molecule has 0 unspecified atom stereocenters. The highest BCUT2D eigenvalue weighted by molar-refractivity contribution is 7.11. The molecule has 2 aromatic heterocycles. The van der Waals surface area contributed by atoms with Crippen molar-refractivity contribution in [1.29, 1.82) is 0 Å². The quantitative estimate of drug-likeness (QED) is 0.729. The van der Waals surface area contributed by atoms with Crippen molar-refractivity contribution in [2.24, 2.45) is 0 Å². The Morgan fingerprint density at radius 3 is 2.58 bits per heavy atom. The zero-order chi connectivity index (χ0) is 17.1. The first-order chi connectivity index (χ1) is 11.6. The van der Waals surface area contributed by atoms with Crippen LogP contribution in [-0.4, -0.2) is 17.9 Å². The summed E-state index contributed by atoms with van der Waals surface area (Å²) in [5.74, 6) is 0.535. The average Bonchev–Trinajstić information content (AvgIpc) is 3.14. The Balaban J connectivity index is 1.95. The van der Waals surface area contributed by atoms with E-state index in [1.54, 1.807) is 42.7 Å². The number of thiophene rings is 1. The lowest BCUT2D eigenvalue weighted by molar-refractivity contribution is 0.106. The van der Waals surface area contributed by atoms with Crippen LogP contribution in [0.5, 0.6) is 5.75 Å². The van der Waals surface area contributed by atoms with E-state index in [0.717, 1.165) is 10.4 Å². The number of rotatable bonds is 4. The molecular weight excluding hydrogens is 342 g/mol. The van der Waals surface area contributed by atoms with Crippen LogP contribution >= 0.6 is 22.7 Å². The zero-order valence-corrected chi connectivity index (χ0v) is 14.8. The van der Waals surface area contributed by atoms with Crippen molar-refractivity contribution >= 4 is 40.6 Å². The lowest BCUT2D eigenvalue weighted by atomic mass is 10.1. The molecule has 0 aliphatic carbocycles. The first kappa shape index (κ1) is 16.4. The van der Waals surface area contributed by atoms with Crippen LogP contribution in [0.2, 0.25) is 0 Å². The summed E-state index contributed by atoms with van der Waals surface area (Å²) < 4.78 is 6.21. The minimum absolute atomic E-state index is 0.158. The fourth-order valence-electron chi connectivity index (χ4n) is 2.13. The Bertz CT molecular complexity index is 1040. The fraction of sp³-hybridized carbons (Fsp3) is 0.111. The highest BCUT2D eigenvalue weighted by atomic mass is 32.1. The molecule has 3 rings (SSSR count). The number of carbonyl (C=O) groups is 1. The number of hydrogen-bond donors (Lipinski definition) is 1. The summed E-state index contributed by atoms with van der Waals surface area (Å²) in [7, 11) is 1.58. The van der Waals surface area contributed by atoms with E-state index in [9.17, 15) is 9.59 Å². The summed E-state index contributed by atoms with van der Waals surface area (Å²) in [5, 5.41) is 1.99. The van der Waals surface area contributed by atoms with Crippen LogP contribution in [0.25, 0.3) is 12.2 Å². The van der Waals surface area contributed by atoms with Crippen molar-refractivity contribution in [3.05, 3.63) is 71.3 Å². The third-order valence-electron chi connectivity index (χ3n) is 3.48. The van der Waals surface area contributed by atoms with E-state index >= 15 is 0 Å². The molecule has 0 atom stereocenters. The molecule has 4 nitrogen and oxygen atoms in total. The number of carbonyl (C=O) groups excluding carboxylic acids is 1. The van der Waals surface area contributed by atoms with Gasteiger partial charge >= 0.3 is 0 Å². The average molecular weight is 357 g/mol. The van der Waals surface area contributed by atoms with Crippen molar-refractivity contribution in [3.63, 3.8) is 0 Å². The summed E-state index contributed by atoms with van der Waals surface area (Å²) in [6.07, 6.45) is 3.31. The smallest absolute Gasteiger partial charge is 0.266 e. The molecule has 0 aliphatic heterocycles. The van der Waals surface area contributed by atoms with Crippen molar-refractivity contribution in [2.45, 2.75) is 6.92 Å². The number of hydrogen-bond acceptors (Lipinski definition) is 5. The Morgan fingerprint density at radius 2 is 1.96 bits per heavy atom. The zero-order valence-electron chi connectivity index (χ0n) is 13.2. The maximum Gasteiger partial charge on any atom is 0.266 e. The summed E-state index contributed by atoms with van der Waals surface area (Å²) in [6.45, 7) is 2.00. The maximum absolute atomic E-state index is 12.3. The number of Topliss-reactive ketones (excluding diaryl/α,β-unsaturated/α-hetero) is 1. The van der Waals surface area contributed by atoms with E-state index in [-0.39, 0.29) is 11.3 Å². The summed E-state index contributed by atoms with van der Waals surface area (Å²) in [5.41, 5.74) is 1.50. The van der Waals surface area contributed by atoms with Gasteiger partial charge in [-0.25, -0.2) is 0 Å². The fourth-order valence-corrected chi connectivity index (χ4v) is 3.93. The topological polar surface area (TPSA) is 59.2 Å². The molecule has 0 saturated heterocycles. The number of aromatic nitrogens is 1. The third kappa shape index (κ3) is 3.55. The summed E-state index contributed by atoms with van der Waals surface area (Å²) in [4.78, 5) is 28.1. The monoisotopic (exact) mass is 357 g/mol. The number of thiazole rings is 1. The first-order valence-corrected chi connectivity index (χ1v) is 8.91. The number of ketones is 1. The van der Waals surface area contributed by atoms with Gasteiger partial charge in [0.15, 0.2) is 5.78 Å². The SMILES string of the molecule is COc1ccc(C(=O)/C=c2/[nH]c(=O)/c(=C/c3sccc3C)s2)cc1. The van der Waals surface area contributed by atoms with E-state index in [2.05, 4.69) is 4.98 Å². The molecule has 0 saturated carbocycles. The third-order valence-corrected chi connectivity index (χ3v) is 5.41. The van der Waals surface area contributed by atoms with Crippen molar-refractivity contribution in [2.75, 3.05) is 7.11 Å². The second kappa shape index (κ2) is 6.98. The number of aromatic amines is 1. The first-order valence-electron chi connectivity index (χ1n) is 7.22. The van der Waals surface area contributed by atoms with Crippen LogP contribution < -0.4 is 19.5 Å². The summed E-state index contributed by atoms with van der Waals surface area (Å²) >= 11 is 2.86. The van der Waals surface area contributed by atoms with Crippen LogP contribution in [0.1, 0.15) is 20.8 Å². The number of benzene rings is 1. The van der Waals surface area contributed by atoms with Crippen molar-refractivity contribution in [1.82, 2.24) is 4.98 Å². The van der Waals surface area contributed by atoms with E-state index in [4.69, 9.17) is 4.74 Å². The lowest BCUT2D eigenvalue weighted by Gasteiger charge is -1.99. The summed E-state index contributed by atoms with van der Waals surface area (Å²) in [6, 6.07) is 8.88. The highest BCUT2D eigenvalue weighted by Crippen LogP contribution is 2.15. The van der Waals surface area contributed by atoms with Crippen molar-refractivity contribution in [3.8, 4) is 5.75 Å². The molecule has 0 fully saturated rings. The largest absolute Gasteiger partial charge is 0.497 e. The van der Waals surface area contributed by atoms with Crippen molar-refractivity contribution < 1.29 is 9.53 Å². The van der Waals surface area contributed by atoms with Gasteiger partial charge in [0, 0.05) is 16.5 Å². The van der Waals surface area contributed by atoms with Crippen LogP contribution in [0.4, 0.5) is 0 Å². The van der Waals surface area contributed by atoms with Crippen LogP contribution in [0.3, 0.4) is 0 Å². The number of methoxy groups -OCH3 is 1. The van der Waals surface area contributed by atoms with E-state index in [1.807, 2.05) is 24.4 Å². The second-order valence-corrected chi connectivity index (χ2v) is 7.17. The van der Waals surface area contributed by atoms with Gasteiger partial charge in [-0.2, -0.15) is 0 Å². The normalized spacial score (nSPS) is 12.6. The van der Waals surface area contributed by atoms with Crippen LogP contribution in [0.15, 0.2) is 40.5 Å². The molecule has 6 heteroatoms. The second-order valence-electron chi connectivity index (χ2n) is 5.13. The Kier molecular flexibility index (Phi) is 4.78. The lowest BCUT2D eigenvalue weighted by Crippen LogP contribution is -2.19. The minimum Gasteiger partial charge on any atom is -0.497 e. The van der Waals surface area contributed by atoms with Gasteiger partial charge in [-0.1, -0.05) is 0 Å². The molecule has 122 valence electrons. The molecule has 1 N–H and O–H groups in total. The Labute approximate surface area is 146 Å². The van der Waals surface area contributed by atoms with Crippen LogP contribution in [0, 0.1) is 6.92 Å². The Hall–Kier alpha value is -2.44. The molecule has 3 aromatic rings. The molecule has 0 aliphatic rings. The van der Waals surface area contributed by atoms with Gasteiger partial charge in [-0.15, -0.1) is 22.7 Å². The van der Waals surface area contributed by atoms with Gasteiger partial charge in [-0.3, -0.25) is 9.59 Å². The highest BCUT2D eigenvalue weighted by Gasteiger charge is 2.04. The molecule has 0 bridgehead atoms. The molecule has 24 heavy (non-hydrogen) atoms. The number of H-pyrrole nitrogens is 1. The number of ether oxygens (including phenoxy) is 1. The van der Waals surface area contributed by atoms with E-state index in [0.29, 0.717) is 20.5 Å². The van der Waals surface area contributed by atoms with Crippen LogP contribution in [-0.2, 0) is 0 Å². The van der Waals surface area contributed by atoms with Gasteiger partial charge in [0.25, 0.3) is 5.56 Å².